The molecule has 0 unspecified atom stereocenters. The minimum absolute atomic E-state index is 0.228. The molecule has 0 amide bonds. The molecule has 2 nitrogen and oxygen atoms in total. The van der Waals surface area contributed by atoms with Gasteiger partial charge in [-0.15, -0.1) is 0 Å². The summed E-state index contributed by atoms with van der Waals surface area (Å²) in [6.07, 6.45) is 2.44. The van der Waals surface area contributed by atoms with E-state index in [0.717, 1.165) is 19.6 Å². The highest BCUT2D eigenvalue weighted by Crippen LogP contribution is 2.16. The van der Waals surface area contributed by atoms with Gasteiger partial charge >= 0.3 is 0 Å². The maximum absolute atomic E-state index is 3.64. The Kier molecular flexibility index (Phi) is 6.36. The van der Waals surface area contributed by atoms with Gasteiger partial charge < -0.3 is 10.2 Å². The van der Waals surface area contributed by atoms with Gasteiger partial charge in [0.1, 0.15) is 0 Å². The Balaban J connectivity index is 2.57. The molecule has 0 radical (unpaired) electrons. The predicted molar refractivity (Wildman–Crippen MR) is 85.8 cm³/mol. The number of anilines is 1. The molecule has 1 rings (SSSR count). The number of hydrogen-bond acceptors (Lipinski definition) is 2. The van der Waals surface area contributed by atoms with Crippen molar-refractivity contribution in [2.45, 2.75) is 59.5 Å². The number of nitrogens with one attached hydrogen (secondary N) is 1. The molecule has 0 aliphatic heterocycles. The molecular weight excluding hydrogens is 232 g/mol. The second-order valence-electron chi connectivity index (χ2n) is 5.83. The normalized spacial score (nSPS) is 11.6. The maximum atomic E-state index is 3.64. The third kappa shape index (κ3) is 5.23. The average molecular weight is 262 g/mol. The second-order valence-corrected chi connectivity index (χ2v) is 5.83. The highest BCUT2D eigenvalue weighted by Gasteiger charge is 2.14. The van der Waals surface area contributed by atoms with Crippen LogP contribution in [0, 0.1) is 0 Å². The highest BCUT2D eigenvalue weighted by molar-refractivity contribution is 5.47. The fraction of sp³-hybridized carbons (Fsp3) is 0.647. The van der Waals surface area contributed by atoms with E-state index in [1.165, 1.54) is 24.1 Å². The third-order valence-electron chi connectivity index (χ3n) is 3.71. The molecule has 0 aliphatic carbocycles. The topological polar surface area (TPSA) is 15.3 Å². The minimum Gasteiger partial charge on any atom is -0.372 e. The predicted octanol–water partition coefficient (Wildman–Crippen LogP) is 4.20. The van der Waals surface area contributed by atoms with Crippen LogP contribution in [0.1, 0.15) is 53.0 Å². The van der Waals surface area contributed by atoms with Crippen LogP contribution in [-0.4, -0.2) is 18.6 Å². The van der Waals surface area contributed by atoms with Crippen molar-refractivity contribution >= 4 is 5.69 Å². The largest absolute Gasteiger partial charge is 0.372 e. The van der Waals surface area contributed by atoms with Gasteiger partial charge in [0.25, 0.3) is 0 Å². The van der Waals surface area contributed by atoms with Crippen LogP contribution in [-0.2, 0) is 6.54 Å². The van der Waals surface area contributed by atoms with Crippen LogP contribution in [0.25, 0.3) is 0 Å². The zero-order valence-electron chi connectivity index (χ0n) is 13.3. The third-order valence-corrected chi connectivity index (χ3v) is 3.71. The highest BCUT2D eigenvalue weighted by atomic mass is 15.1. The Morgan fingerprint density at radius 3 is 2.05 bits per heavy atom. The molecule has 1 N–H and O–H groups in total. The van der Waals surface area contributed by atoms with Crippen LogP contribution in [0.15, 0.2) is 24.3 Å². The summed E-state index contributed by atoms with van der Waals surface area (Å²) in [5.41, 5.74) is 2.91. The molecule has 0 heterocycles. The maximum Gasteiger partial charge on any atom is 0.0366 e. The van der Waals surface area contributed by atoms with Crippen LogP contribution < -0.4 is 10.2 Å². The molecule has 0 spiro atoms. The van der Waals surface area contributed by atoms with Gasteiger partial charge in [0, 0.05) is 30.9 Å². The van der Waals surface area contributed by atoms with E-state index < -0.39 is 0 Å². The van der Waals surface area contributed by atoms with Crippen molar-refractivity contribution in [3.05, 3.63) is 29.8 Å². The first-order chi connectivity index (χ1) is 9.02. The lowest BCUT2D eigenvalue weighted by atomic mass is 9.98. The standard InChI is InChI=1S/C17H30N2/c1-6-13-17(4,5)18-14-15-9-11-16(12-10-15)19(7-2)8-3/h9-12,18H,6-8,13-14H2,1-5H3. The molecule has 19 heavy (non-hydrogen) atoms. The second kappa shape index (κ2) is 7.54. The van der Waals surface area contributed by atoms with E-state index in [9.17, 15) is 0 Å². The fourth-order valence-corrected chi connectivity index (χ4v) is 2.47. The van der Waals surface area contributed by atoms with Crippen LogP contribution in [0.5, 0.6) is 0 Å². The van der Waals surface area contributed by atoms with E-state index in [1.54, 1.807) is 0 Å². The molecule has 1 aromatic carbocycles. The molecule has 1 aromatic rings. The first-order valence-corrected chi connectivity index (χ1v) is 7.61. The zero-order valence-corrected chi connectivity index (χ0v) is 13.3. The molecular formula is C17H30N2. The van der Waals surface area contributed by atoms with Gasteiger partial charge in [-0.25, -0.2) is 0 Å². The van der Waals surface area contributed by atoms with Crippen LogP contribution in [0.4, 0.5) is 5.69 Å². The Hall–Kier alpha value is -1.02. The molecule has 0 bridgehead atoms. The van der Waals surface area contributed by atoms with E-state index in [0.29, 0.717) is 0 Å². The average Bonchev–Trinajstić information content (AvgIpc) is 2.39. The van der Waals surface area contributed by atoms with E-state index in [-0.39, 0.29) is 5.54 Å². The molecule has 0 atom stereocenters. The van der Waals surface area contributed by atoms with Crippen LogP contribution in [0.3, 0.4) is 0 Å². The van der Waals surface area contributed by atoms with Gasteiger partial charge in [0.15, 0.2) is 0 Å². The van der Waals surface area contributed by atoms with Crippen LogP contribution >= 0.6 is 0 Å². The number of nitrogens with zero attached hydrogens (tertiary/aromatic N) is 1. The van der Waals surface area contributed by atoms with Crippen LogP contribution in [0.2, 0.25) is 0 Å². The van der Waals surface area contributed by atoms with Crippen molar-refractivity contribution in [3.63, 3.8) is 0 Å². The summed E-state index contributed by atoms with van der Waals surface area (Å²) in [6, 6.07) is 8.94. The smallest absolute Gasteiger partial charge is 0.0366 e. The number of hydrogen-bond donors (Lipinski definition) is 1. The Labute approximate surface area is 119 Å². The summed E-state index contributed by atoms with van der Waals surface area (Å²) in [5.74, 6) is 0. The molecule has 0 aliphatic rings. The molecule has 0 saturated heterocycles. The van der Waals surface area contributed by atoms with Crippen molar-refractivity contribution in [2.24, 2.45) is 0 Å². The van der Waals surface area contributed by atoms with Gasteiger partial charge in [0.05, 0.1) is 0 Å². The van der Waals surface area contributed by atoms with Gasteiger partial charge in [-0.05, 0) is 51.8 Å². The molecule has 0 aromatic heterocycles. The lowest BCUT2D eigenvalue weighted by Gasteiger charge is -2.26. The summed E-state index contributed by atoms with van der Waals surface area (Å²) >= 11 is 0. The van der Waals surface area contributed by atoms with E-state index >= 15 is 0 Å². The Bertz CT molecular complexity index is 350. The molecule has 0 saturated carbocycles. The summed E-state index contributed by atoms with van der Waals surface area (Å²) in [7, 11) is 0. The first-order valence-electron chi connectivity index (χ1n) is 7.61. The number of rotatable bonds is 8. The monoisotopic (exact) mass is 262 g/mol. The summed E-state index contributed by atoms with van der Waals surface area (Å²) < 4.78 is 0. The van der Waals surface area contributed by atoms with E-state index in [4.69, 9.17) is 0 Å². The fourth-order valence-electron chi connectivity index (χ4n) is 2.47. The van der Waals surface area contributed by atoms with Gasteiger partial charge in [0.2, 0.25) is 0 Å². The molecule has 0 fully saturated rings. The SMILES string of the molecule is CCCC(C)(C)NCc1ccc(N(CC)CC)cc1. The van der Waals surface area contributed by atoms with Gasteiger partial charge in [-0.2, -0.15) is 0 Å². The van der Waals surface area contributed by atoms with Crippen molar-refractivity contribution in [2.75, 3.05) is 18.0 Å². The molecule has 108 valence electrons. The molecule has 2 heteroatoms. The Morgan fingerprint density at radius 1 is 1.00 bits per heavy atom. The van der Waals surface area contributed by atoms with Gasteiger partial charge in [-0.1, -0.05) is 25.5 Å². The lowest BCUT2D eigenvalue weighted by Crippen LogP contribution is -2.38. The van der Waals surface area contributed by atoms with Gasteiger partial charge in [-0.3, -0.25) is 0 Å². The van der Waals surface area contributed by atoms with Crippen molar-refractivity contribution in [3.8, 4) is 0 Å². The quantitative estimate of drug-likeness (QED) is 0.755. The summed E-state index contributed by atoms with van der Waals surface area (Å²) in [4.78, 5) is 2.37. The minimum atomic E-state index is 0.228. The first kappa shape index (κ1) is 16.0. The number of benzene rings is 1. The lowest BCUT2D eigenvalue weighted by molar-refractivity contribution is 0.357. The summed E-state index contributed by atoms with van der Waals surface area (Å²) in [6.45, 7) is 14.3. The van der Waals surface area contributed by atoms with Crippen molar-refractivity contribution in [1.82, 2.24) is 5.32 Å². The van der Waals surface area contributed by atoms with E-state index in [2.05, 4.69) is 69.1 Å². The van der Waals surface area contributed by atoms with Crippen molar-refractivity contribution < 1.29 is 0 Å². The van der Waals surface area contributed by atoms with E-state index in [1.807, 2.05) is 0 Å². The summed E-state index contributed by atoms with van der Waals surface area (Å²) in [5, 5.41) is 3.64. The van der Waals surface area contributed by atoms with Crippen molar-refractivity contribution in [1.29, 1.82) is 0 Å². The zero-order chi connectivity index (χ0) is 14.3. The Morgan fingerprint density at radius 2 is 1.58 bits per heavy atom.